The van der Waals surface area contributed by atoms with Crippen molar-refractivity contribution in [2.75, 3.05) is 39.5 Å². The van der Waals surface area contributed by atoms with Gasteiger partial charge in [0.05, 0.1) is 32.4 Å². The summed E-state index contributed by atoms with van der Waals surface area (Å²) in [5, 5.41) is 21.2. The molecule has 53 heavy (non-hydrogen) atoms. The summed E-state index contributed by atoms with van der Waals surface area (Å²) in [4.78, 5) is 68.8. The summed E-state index contributed by atoms with van der Waals surface area (Å²) >= 11 is 6.33. The summed E-state index contributed by atoms with van der Waals surface area (Å²) in [6.45, 7) is 10.8. The van der Waals surface area contributed by atoms with E-state index >= 15 is 0 Å². The molecule has 4 amide bonds. The van der Waals surface area contributed by atoms with Crippen LogP contribution in [0.3, 0.4) is 0 Å². The second kappa shape index (κ2) is 21.8. The normalized spacial score (nSPS) is 16.8. The quantitative estimate of drug-likeness (QED) is 0.121. The van der Waals surface area contributed by atoms with Gasteiger partial charge in [0.2, 0.25) is 23.6 Å². The number of hydrogen-bond acceptors (Lipinski definition) is 8. The van der Waals surface area contributed by atoms with Crippen molar-refractivity contribution in [2.45, 2.75) is 95.8 Å². The predicted octanol–water partition coefficient (Wildman–Crippen LogP) is 2.78. The van der Waals surface area contributed by atoms with E-state index in [4.69, 9.17) is 16.3 Å². The number of morpholine rings is 1. The van der Waals surface area contributed by atoms with Crippen molar-refractivity contribution < 1.29 is 33.8 Å². The molecule has 13 heteroatoms. The number of nitrogens with zero attached hydrogens (tertiary/aromatic N) is 1. The molecule has 1 aliphatic heterocycles. The van der Waals surface area contributed by atoms with Crippen molar-refractivity contribution in [1.82, 2.24) is 26.2 Å². The number of aliphatic hydroxyl groups excluding tert-OH is 1. The molecular weight excluding hydrogens is 698 g/mol. The Kier molecular flexibility index (Phi) is 17.9. The number of nitrogens with one attached hydrogen (secondary N) is 4. The van der Waals surface area contributed by atoms with Gasteiger partial charge in [0, 0.05) is 19.5 Å². The van der Waals surface area contributed by atoms with E-state index in [9.17, 15) is 29.1 Å². The minimum atomic E-state index is -1.60. The molecule has 0 saturated carbocycles. The third-order valence-electron chi connectivity index (χ3n) is 9.09. The number of rotatable bonds is 21. The Morgan fingerprint density at radius 1 is 0.736 bits per heavy atom. The molecular formula is C40H58ClN5O7. The van der Waals surface area contributed by atoms with E-state index < -0.39 is 59.2 Å². The monoisotopic (exact) mass is 755 g/mol. The van der Waals surface area contributed by atoms with Crippen molar-refractivity contribution in [3.8, 4) is 0 Å². The maximum absolute atomic E-state index is 14.1. The van der Waals surface area contributed by atoms with Gasteiger partial charge in [-0.15, -0.1) is 11.6 Å². The molecule has 12 nitrogen and oxygen atoms in total. The molecule has 0 radical (unpaired) electrons. The highest BCUT2D eigenvalue weighted by Crippen LogP contribution is 2.20. The standard InChI is InChI=1S/C40H58ClN5O7/c1-27(2)22-32(36(49)40(5,41)26-47)43-39(52)34(24-30-14-10-7-11-15-30)45-38(51)33(23-28(3)4)44-37(50)31(17-16-29-12-8-6-9-13-29)42-35(48)25-46-18-20-53-21-19-46/h6-15,27-28,31-34,47H,16-26H2,1-5H3,(H,42,48)(H,43,52)(H,44,50)(H,45,51)/t31-,32-,33-,34-,40?/m0/s1. The zero-order chi connectivity index (χ0) is 39.0. The van der Waals surface area contributed by atoms with Crippen LogP contribution >= 0.6 is 11.6 Å². The smallest absolute Gasteiger partial charge is 0.243 e. The summed E-state index contributed by atoms with van der Waals surface area (Å²) in [6, 6.07) is 14.7. The number of carbonyl (C=O) groups is 5. The van der Waals surface area contributed by atoms with E-state index in [-0.39, 0.29) is 43.6 Å². The number of alkyl halides is 1. The number of amides is 4. The van der Waals surface area contributed by atoms with Gasteiger partial charge in [-0.1, -0.05) is 88.4 Å². The van der Waals surface area contributed by atoms with Crippen LogP contribution in [0.15, 0.2) is 60.7 Å². The van der Waals surface area contributed by atoms with E-state index in [0.717, 1.165) is 11.1 Å². The van der Waals surface area contributed by atoms with Gasteiger partial charge in [0.25, 0.3) is 0 Å². The molecule has 3 rings (SSSR count). The van der Waals surface area contributed by atoms with Gasteiger partial charge in [-0.3, -0.25) is 28.9 Å². The molecule has 0 spiro atoms. The Morgan fingerprint density at radius 2 is 1.23 bits per heavy atom. The van der Waals surface area contributed by atoms with Crippen LogP contribution in [0.25, 0.3) is 0 Å². The first kappa shape index (κ1) is 43.6. The topological polar surface area (TPSA) is 166 Å². The van der Waals surface area contributed by atoms with Crippen LogP contribution < -0.4 is 21.3 Å². The van der Waals surface area contributed by atoms with E-state index in [2.05, 4.69) is 21.3 Å². The molecule has 1 saturated heterocycles. The van der Waals surface area contributed by atoms with Crippen molar-refractivity contribution in [3.63, 3.8) is 0 Å². The van der Waals surface area contributed by atoms with E-state index in [1.807, 2.05) is 93.3 Å². The fourth-order valence-corrected chi connectivity index (χ4v) is 6.28. The first-order valence-corrected chi connectivity index (χ1v) is 19.0. The van der Waals surface area contributed by atoms with E-state index in [1.165, 1.54) is 6.92 Å². The first-order valence-electron chi connectivity index (χ1n) is 18.6. The first-order chi connectivity index (χ1) is 25.2. The van der Waals surface area contributed by atoms with Crippen molar-refractivity contribution in [3.05, 3.63) is 71.8 Å². The van der Waals surface area contributed by atoms with Crippen LogP contribution in [0.4, 0.5) is 0 Å². The number of hydrogen-bond donors (Lipinski definition) is 5. The Bertz CT molecular complexity index is 1470. The maximum atomic E-state index is 14.1. The Morgan fingerprint density at radius 3 is 1.79 bits per heavy atom. The molecule has 0 bridgehead atoms. The molecule has 1 heterocycles. The molecule has 1 unspecified atom stereocenters. The molecule has 5 N–H and O–H groups in total. The molecule has 0 aromatic heterocycles. The number of ether oxygens (including phenoxy) is 1. The Balaban J connectivity index is 1.84. The summed E-state index contributed by atoms with van der Waals surface area (Å²) in [6.07, 6.45) is 1.47. The summed E-state index contributed by atoms with van der Waals surface area (Å²) < 4.78 is 5.39. The highest BCUT2D eigenvalue weighted by molar-refractivity contribution is 6.36. The SMILES string of the molecule is CC(C)C[C@H](NC(=O)[C@H](CCc1ccccc1)NC(=O)CN1CCOCC1)C(=O)N[C@@H](Cc1ccccc1)C(=O)N[C@@H](CC(C)C)C(=O)C(C)(Cl)CO. The third kappa shape index (κ3) is 15.2. The number of ketones is 1. The summed E-state index contributed by atoms with van der Waals surface area (Å²) in [5.41, 5.74) is 1.77. The number of aliphatic hydroxyl groups is 1. The maximum Gasteiger partial charge on any atom is 0.243 e. The second-order valence-electron chi connectivity index (χ2n) is 14.9. The van der Waals surface area contributed by atoms with E-state index in [1.54, 1.807) is 0 Å². The highest BCUT2D eigenvalue weighted by Gasteiger charge is 2.38. The minimum Gasteiger partial charge on any atom is -0.394 e. The average Bonchev–Trinajstić information content (AvgIpc) is 3.12. The van der Waals surface area contributed by atoms with Gasteiger partial charge in [0.15, 0.2) is 5.78 Å². The van der Waals surface area contributed by atoms with Gasteiger partial charge >= 0.3 is 0 Å². The number of halogens is 1. The summed E-state index contributed by atoms with van der Waals surface area (Å²) in [7, 11) is 0. The number of carbonyl (C=O) groups excluding carboxylic acids is 5. The largest absolute Gasteiger partial charge is 0.394 e. The minimum absolute atomic E-state index is 0.00686. The Labute approximate surface area is 319 Å². The predicted molar refractivity (Wildman–Crippen MR) is 205 cm³/mol. The lowest BCUT2D eigenvalue weighted by molar-refractivity contribution is -0.135. The lowest BCUT2D eigenvalue weighted by Crippen LogP contribution is -2.59. The molecule has 292 valence electrons. The fraction of sp³-hybridized carbons (Fsp3) is 0.575. The fourth-order valence-electron chi connectivity index (χ4n) is 6.15. The van der Waals surface area contributed by atoms with Gasteiger partial charge in [0.1, 0.15) is 23.0 Å². The van der Waals surface area contributed by atoms with Gasteiger partial charge < -0.3 is 31.1 Å². The zero-order valence-electron chi connectivity index (χ0n) is 31.7. The van der Waals surface area contributed by atoms with E-state index in [0.29, 0.717) is 39.1 Å². The van der Waals surface area contributed by atoms with Gasteiger partial charge in [-0.2, -0.15) is 0 Å². The Hall–Kier alpha value is -3.84. The molecule has 2 aromatic carbocycles. The van der Waals surface area contributed by atoms with Crippen LogP contribution in [-0.2, 0) is 41.6 Å². The molecule has 1 aliphatic rings. The van der Waals surface area contributed by atoms with Gasteiger partial charge in [-0.05, 0) is 55.6 Å². The van der Waals surface area contributed by atoms with Crippen LogP contribution in [-0.4, -0.2) is 108 Å². The van der Waals surface area contributed by atoms with Crippen molar-refractivity contribution >= 4 is 41.0 Å². The second-order valence-corrected chi connectivity index (χ2v) is 15.7. The van der Waals surface area contributed by atoms with Crippen LogP contribution in [0.2, 0.25) is 0 Å². The lowest BCUT2D eigenvalue weighted by Gasteiger charge is -2.30. The highest BCUT2D eigenvalue weighted by atomic mass is 35.5. The van der Waals surface area contributed by atoms with Crippen LogP contribution in [0, 0.1) is 11.8 Å². The van der Waals surface area contributed by atoms with Crippen LogP contribution in [0.1, 0.15) is 65.0 Å². The molecule has 5 atom stereocenters. The van der Waals surface area contributed by atoms with Crippen LogP contribution in [0.5, 0.6) is 0 Å². The molecule has 2 aromatic rings. The van der Waals surface area contributed by atoms with Crippen molar-refractivity contribution in [2.24, 2.45) is 11.8 Å². The summed E-state index contributed by atoms with van der Waals surface area (Å²) in [5.74, 6) is -2.52. The zero-order valence-corrected chi connectivity index (χ0v) is 32.5. The number of benzene rings is 2. The van der Waals surface area contributed by atoms with Gasteiger partial charge in [-0.25, -0.2) is 0 Å². The lowest BCUT2D eigenvalue weighted by atomic mass is 9.92. The molecule has 0 aliphatic carbocycles. The number of Topliss-reactive ketones (excluding diaryl/α,β-unsaturated/α-hetero) is 1. The third-order valence-corrected chi connectivity index (χ3v) is 9.40. The van der Waals surface area contributed by atoms with Crippen molar-refractivity contribution in [1.29, 1.82) is 0 Å². The number of aryl methyl sites for hydroxylation is 1. The molecule has 1 fully saturated rings. The average molecular weight is 756 g/mol.